The van der Waals surface area contributed by atoms with Gasteiger partial charge in [-0.15, -0.1) is 10.2 Å². The molecule has 0 spiro atoms. The van der Waals surface area contributed by atoms with Crippen LogP contribution in [0.5, 0.6) is 0 Å². The summed E-state index contributed by atoms with van der Waals surface area (Å²) in [5.41, 5.74) is 0.0991. The standard InChI is InChI=1S/C18H22F2N8O2S2/c1-10-8-27(6-5-21-10)14-11-7-22-15(17-25-24-16(31-17)13(19)20)28(11)9-12(23-14)32(29,30)26-18(2)3-4-18/h7,9-10,13,21,26H,3-6,8H2,1-2H3/t10-/m0/s1. The van der Waals surface area contributed by atoms with Crippen LogP contribution in [-0.2, 0) is 10.0 Å². The molecule has 1 aliphatic carbocycles. The van der Waals surface area contributed by atoms with Crippen molar-refractivity contribution in [3.63, 3.8) is 0 Å². The Morgan fingerprint density at radius 3 is 2.78 bits per heavy atom. The second-order valence-corrected chi connectivity index (χ2v) is 11.1. The molecular weight excluding hydrogens is 462 g/mol. The quantitative estimate of drug-likeness (QED) is 0.544. The molecule has 2 aliphatic rings. The molecule has 1 aliphatic heterocycles. The van der Waals surface area contributed by atoms with E-state index in [0.29, 0.717) is 24.4 Å². The number of anilines is 1. The van der Waals surface area contributed by atoms with Gasteiger partial charge in [-0.25, -0.2) is 31.9 Å². The Kier molecular flexibility index (Phi) is 5.15. The summed E-state index contributed by atoms with van der Waals surface area (Å²) in [5, 5.41) is 10.3. The number of aromatic nitrogens is 5. The lowest BCUT2D eigenvalue weighted by molar-refractivity contribution is 0.150. The van der Waals surface area contributed by atoms with E-state index in [1.165, 1.54) is 6.20 Å². The van der Waals surface area contributed by atoms with Crippen LogP contribution in [-0.4, -0.2) is 64.2 Å². The van der Waals surface area contributed by atoms with E-state index in [2.05, 4.69) is 30.2 Å². The van der Waals surface area contributed by atoms with Crippen molar-refractivity contribution in [2.45, 2.75) is 49.7 Å². The number of hydrogen-bond acceptors (Lipinski definition) is 9. The van der Waals surface area contributed by atoms with Crippen molar-refractivity contribution in [2.24, 2.45) is 0 Å². The van der Waals surface area contributed by atoms with Crippen LogP contribution in [0.1, 0.15) is 38.1 Å². The Bertz CT molecular complexity index is 1270. The van der Waals surface area contributed by atoms with Gasteiger partial charge in [0.2, 0.25) is 0 Å². The zero-order valence-corrected chi connectivity index (χ0v) is 19.1. The molecule has 0 unspecified atom stereocenters. The Morgan fingerprint density at radius 2 is 2.12 bits per heavy atom. The molecule has 2 N–H and O–H groups in total. The first-order valence-electron chi connectivity index (χ1n) is 10.2. The summed E-state index contributed by atoms with van der Waals surface area (Å²) in [5.74, 6) is 0.713. The highest BCUT2D eigenvalue weighted by Crippen LogP contribution is 2.36. The van der Waals surface area contributed by atoms with Crippen molar-refractivity contribution in [1.29, 1.82) is 0 Å². The van der Waals surface area contributed by atoms with Gasteiger partial charge in [-0.05, 0) is 26.7 Å². The molecule has 1 saturated carbocycles. The summed E-state index contributed by atoms with van der Waals surface area (Å²) in [6.07, 6.45) is 1.69. The Hall–Kier alpha value is -2.29. The highest BCUT2D eigenvalue weighted by atomic mass is 32.2. The smallest absolute Gasteiger partial charge is 0.291 e. The third-order valence-corrected chi connectivity index (χ3v) is 8.06. The topological polar surface area (TPSA) is 117 Å². The van der Waals surface area contributed by atoms with Crippen LogP contribution in [0, 0.1) is 0 Å². The molecule has 3 aromatic heterocycles. The second kappa shape index (κ2) is 7.64. The van der Waals surface area contributed by atoms with E-state index in [1.54, 1.807) is 10.6 Å². The van der Waals surface area contributed by atoms with E-state index >= 15 is 0 Å². The van der Waals surface area contributed by atoms with Crippen molar-refractivity contribution >= 4 is 32.7 Å². The monoisotopic (exact) mass is 484 g/mol. The van der Waals surface area contributed by atoms with Crippen LogP contribution in [0.25, 0.3) is 16.3 Å². The predicted molar refractivity (Wildman–Crippen MR) is 114 cm³/mol. The molecule has 1 atom stereocenters. The maximum atomic E-state index is 13.1. The largest absolute Gasteiger partial charge is 0.352 e. The van der Waals surface area contributed by atoms with E-state index in [9.17, 15) is 17.2 Å². The zero-order valence-electron chi connectivity index (χ0n) is 17.4. The number of sulfonamides is 1. The minimum absolute atomic E-state index is 0.155. The average molecular weight is 485 g/mol. The van der Waals surface area contributed by atoms with Gasteiger partial charge in [0.05, 0.1) is 12.4 Å². The van der Waals surface area contributed by atoms with Gasteiger partial charge in [-0.3, -0.25) is 4.40 Å². The van der Waals surface area contributed by atoms with Gasteiger partial charge < -0.3 is 10.2 Å². The number of fused-ring (bicyclic) bond motifs is 1. The van der Waals surface area contributed by atoms with E-state index < -0.39 is 27.0 Å². The number of nitrogens with zero attached hydrogens (tertiary/aromatic N) is 6. The van der Waals surface area contributed by atoms with E-state index in [4.69, 9.17) is 0 Å². The summed E-state index contributed by atoms with van der Waals surface area (Å²) in [6, 6.07) is 0.188. The summed E-state index contributed by atoms with van der Waals surface area (Å²) < 4.78 is 56.6. The normalized spacial score (nSPS) is 20.9. The molecule has 2 fully saturated rings. The lowest BCUT2D eigenvalue weighted by Gasteiger charge is -2.33. The molecule has 3 aromatic rings. The van der Waals surface area contributed by atoms with E-state index in [1.807, 2.05) is 18.7 Å². The third-order valence-electron chi connectivity index (χ3n) is 5.62. The van der Waals surface area contributed by atoms with Crippen molar-refractivity contribution in [3.8, 4) is 10.8 Å². The predicted octanol–water partition coefficient (Wildman–Crippen LogP) is 1.81. The van der Waals surface area contributed by atoms with Crippen molar-refractivity contribution in [1.82, 2.24) is 34.6 Å². The Morgan fingerprint density at radius 1 is 1.34 bits per heavy atom. The molecule has 0 radical (unpaired) electrons. The molecule has 4 heterocycles. The SMILES string of the molecule is C[C@H]1CN(c2nc(S(=O)(=O)NC3(C)CC3)cn3c(-c4nnc(C(F)F)s4)ncc23)CCN1. The fourth-order valence-corrected chi connectivity index (χ4v) is 5.78. The van der Waals surface area contributed by atoms with Crippen molar-refractivity contribution < 1.29 is 17.2 Å². The average Bonchev–Trinajstić information content (AvgIpc) is 3.14. The van der Waals surface area contributed by atoms with Gasteiger partial charge in [0.25, 0.3) is 16.4 Å². The molecule has 5 rings (SSSR count). The van der Waals surface area contributed by atoms with Crippen LogP contribution >= 0.6 is 11.3 Å². The minimum Gasteiger partial charge on any atom is -0.352 e. The van der Waals surface area contributed by atoms with Crippen LogP contribution in [0.3, 0.4) is 0 Å². The first-order chi connectivity index (χ1) is 15.2. The number of hydrogen-bond donors (Lipinski definition) is 2. The first kappa shape index (κ1) is 21.6. The summed E-state index contributed by atoms with van der Waals surface area (Å²) in [4.78, 5) is 10.9. The molecule has 0 amide bonds. The van der Waals surface area contributed by atoms with Crippen molar-refractivity contribution in [2.75, 3.05) is 24.5 Å². The summed E-state index contributed by atoms with van der Waals surface area (Å²) in [6.45, 7) is 5.87. The highest BCUT2D eigenvalue weighted by Gasteiger charge is 2.42. The van der Waals surface area contributed by atoms with Gasteiger partial charge >= 0.3 is 0 Å². The first-order valence-corrected chi connectivity index (χ1v) is 12.5. The fraction of sp³-hybridized carbons (Fsp3) is 0.556. The maximum Gasteiger partial charge on any atom is 0.291 e. The maximum absolute atomic E-state index is 13.1. The molecule has 0 aromatic carbocycles. The molecule has 32 heavy (non-hydrogen) atoms. The Labute approximate surface area is 187 Å². The molecule has 0 bridgehead atoms. The number of alkyl halides is 2. The second-order valence-electron chi connectivity index (χ2n) is 8.45. The number of halogens is 2. The minimum atomic E-state index is -3.91. The molecule has 172 valence electrons. The van der Waals surface area contributed by atoms with Gasteiger partial charge in [-0.2, -0.15) is 0 Å². The lowest BCUT2D eigenvalue weighted by atomic mass is 10.2. The number of piperazine rings is 1. The van der Waals surface area contributed by atoms with E-state index in [0.717, 1.165) is 30.7 Å². The molecule has 1 saturated heterocycles. The summed E-state index contributed by atoms with van der Waals surface area (Å²) in [7, 11) is -3.91. The van der Waals surface area contributed by atoms with Gasteiger partial charge in [0.15, 0.2) is 26.7 Å². The van der Waals surface area contributed by atoms with Crippen molar-refractivity contribution in [3.05, 3.63) is 17.4 Å². The number of nitrogens with one attached hydrogen (secondary N) is 2. The van der Waals surface area contributed by atoms with Crippen LogP contribution in [0.2, 0.25) is 0 Å². The van der Waals surface area contributed by atoms with Gasteiger partial charge in [0.1, 0.15) is 5.52 Å². The van der Waals surface area contributed by atoms with Crippen LogP contribution in [0.15, 0.2) is 17.4 Å². The third kappa shape index (κ3) is 3.95. The number of rotatable bonds is 6. The van der Waals surface area contributed by atoms with Crippen LogP contribution < -0.4 is 14.9 Å². The van der Waals surface area contributed by atoms with Crippen LogP contribution in [0.4, 0.5) is 14.6 Å². The highest BCUT2D eigenvalue weighted by molar-refractivity contribution is 7.89. The molecular formula is C18H22F2N8O2S2. The molecule has 10 nitrogen and oxygen atoms in total. The fourth-order valence-electron chi connectivity index (χ4n) is 3.68. The lowest BCUT2D eigenvalue weighted by Crippen LogP contribution is -2.49. The van der Waals surface area contributed by atoms with Gasteiger partial charge in [0, 0.05) is 31.2 Å². The zero-order chi connectivity index (χ0) is 22.7. The number of imidazole rings is 1. The van der Waals surface area contributed by atoms with Gasteiger partial charge in [-0.1, -0.05) is 11.3 Å². The van der Waals surface area contributed by atoms with E-state index in [-0.39, 0.29) is 21.9 Å². The summed E-state index contributed by atoms with van der Waals surface area (Å²) >= 11 is 0.724. The Balaban J connectivity index is 1.66. The molecule has 14 heteroatoms.